The molecule has 0 saturated heterocycles. The van der Waals surface area contributed by atoms with Crippen molar-refractivity contribution in [3.8, 4) is 5.75 Å². The van der Waals surface area contributed by atoms with Gasteiger partial charge in [0.05, 0.1) is 12.1 Å². The van der Waals surface area contributed by atoms with Crippen molar-refractivity contribution in [3.05, 3.63) is 50.7 Å². The van der Waals surface area contributed by atoms with Gasteiger partial charge in [-0.25, -0.2) is 0 Å². The van der Waals surface area contributed by atoms with Crippen LogP contribution in [0.25, 0.3) is 0 Å². The summed E-state index contributed by atoms with van der Waals surface area (Å²) in [5, 5.41) is 0. The van der Waals surface area contributed by atoms with Crippen molar-refractivity contribution in [1.29, 1.82) is 0 Å². The molecule has 0 aliphatic heterocycles. The molecule has 0 atom stereocenters. The maximum absolute atomic E-state index is 12.4. The Kier molecular flexibility index (Phi) is 5.24. The van der Waals surface area contributed by atoms with Crippen LogP contribution in [0.2, 0.25) is 0 Å². The van der Waals surface area contributed by atoms with Crippen LogP contribution in [0, 0.1) is 27.7 Å². The minimum Gasteiger partial charge on any atom is -0.492 e. The van der Waals surface area contributed by atoms with Gasteiger partial charge in [0.25, 0.3) is 5.91 Å². The van der Waals surface area contributed by atoms with Gasteiger partial charge in [-0.05, 0) is 57.0 Å². The van der Waals surface area contributed by atoms with E-state index >= 15 is 0 Å². The Morgan fingerprint density at radius 1 is 1.09 bits per heavy atom. The Hall–Kier alpha value is -1.81. The van der Waals surface area contributed by atoms with E-state index in [9.17, 15) is 4.79 Å². The lowest BCUT2D eigenvalue weighted by atomic mass is 10.1. The summed E-state index contributed by atoms with van der Waals surface area (Å²) in [5.41, 5.74) is 3.17. The summed E-state index contributed by atoms with van der Waals surface area (Å²) in [7, 11) is 1.82. The third kappa shape index (κ3) is 4.10. The lowest BCUT2D eigenvalue weighted by molar-refractivity contribution is 0.0773. The van der Waals surface area contributed by atoms with Gasteiger partial charge >= 0.3 is 0 Å². The Morgan fingerprint density at radius 3 is 2.27 bits per heavy atom. The zero-order valence-electron chi connectivity index (χ0n) is 13.9. The molecule has 0 unspecified atom stereocenters. The van der Waals surface area contributed by atoms with E-state index in [-0.39, 0.29) is 5.91 Å². The molecule has 2 rings (SSSR count). The minimum atomic E-state index is 0.0610. The summed E-state index contributed by atoms with van der Waals surface area (Å²) in [6.07, 6.45) is 0. The van der Waals surface area contributed by atoms with E-state index in [2.05, 4.69) is 19.9 Å². The molecule has 0 spiro atoms. The molecule has 118 valence electrons. The molecule has 0 N–H and O–H groups in total. The maximum Gasteiger partial charge on any atom is 0.254 e. The molecule has 0 saturated carbocycles. The number of nitrogens with zero attached hydrogens (tertiary/aromatic N) is 1. The Balaban J connectivity index is 1.91. The van der Waals surface area contributed by atoms with E-state index in [0.717, 1.165) is 16.2 Å². The first-order valence-corrected chi connectivity index (χ1v) is 8.22. The standard InChI is InChI=1S/C18H23NO2S/c1-12-8-13(2)10-16(9-12)21-7-6-19(5)18(20)17-11-14(3)22-15(17)4/h8-11H,6-7H2,1-5H3. The van der Waals surface area contributed by atoms with Crippen molar-refractivity contribution in [2.45, 2.75) is 27.7 Å². The van der Waals surface area contributed by atoms with Crippen LogP contribution in [0.1, 0.15) is 31.2 Å². The fourth-order valence-electron chi connectivity index (χ4n) is 2.47. The number of thiophene rings is 1. The first kappa shape index (κ1) is 16.6. The van der Waals surface area contributed by atoms with Gasteiger partial charge in [0.15, 0.2) is 0 Å². The summed E-state index contributed by atoms with van der Waals surface area (Å²) in [6, 6.07) is 8.11. The summed E-state index contributed by atoms with van der Waals surface area (Å²) in [5.74, 6) is 0.923. The molecule has 0 aliphatic carbocycles. The van der Waals surface area contributed by atoms with E-state index in [1.807, 2.05) is 39.1 Å². The van der Waals surface area contributed by atoms with Crippen LogP contribution >= 0.6 is 11.3 Å². The SMILES string of the molecule is Cc1cc(C)cc(OCCN(C)C(=O)c2cc(C)sc2C)c1. The molecule has 1 amide bonds. The van der Waals surface area contributed by atoms with Crippen LogP contribution in [-0.4, -0.2) is 31.0 Å². The number of hydrogen-bond acceptors (Lipinski definition) is 3. The predicted octanol–water partition coefficient (Wildman–Crippen LogP) is 4.13. The molecule has 0 aliphatic rings. The highest BCUT2D eigenvalue weighted by Gasteiger charge is 2.16. The van der Waals surface area contributed by atoms with E-state index in [4.69, 9.17) is 4.74 Å². The topological polar surface area (TPSA) is 29.5 Å². The first-order chi connectivity index (χ1) is 10.4. The predicted molar refractivity (Wildman–Crippen MR) is 92.2 cm³/mol. The van der Waals surface area contributed by atoms with Crippen molar-refractivity contribution in [2.75, 3.05) is 20.2 Å². The van der Waals surface area contributed by atoms with Gasteiger partial charge in [-0.2, -0.15) is 0 Å². The van der Waals surface area contributed by atoms with Gasteiger partial charge in [0.1, 0.15) is 12.4 Å². The molecule has 1 aromatic heterocycles. The number of ether oxygens (including phenoxy) is 1. The van der Waals surface area contributed by atoms with Gasteiger partial charge in [-0.3, -0.25) is 4.79 Å². The molecule has 1 heterocycles. The summed E-state index contributed by atoms with van der Waals surface area (Å²) in [6.45, 7) is 9.18. The average molecular weight is 317 g/mol. The number of carbonyl (C=O) groups is 1. The highest BCUT2D eigenvalue weighted by Crippen LogP contribution is 2.22. The monoisotopic (exact) mass is 317 g/mol. The number of benzene rings is 1. The summed E-state index contributed by atoms with van der Waals surface area (Å²) >= 11 is 1.66. The molecule has 1 aromatic carbocycles. The zero-order valence-corrected chi connectivity index (χ0v) is 14.7. The van der Waals surface area contributed by atoms with Crippen molar-refractivity contribution >= 4 is 17.2 Å². The van der Waals surface area contributed by atoms with Gasteiger partial charge in [0, 0.05) is 16.8 Å². The molecule has 0 bridgehead atoms. The number of rotatable bonds is 5. The largest absolute Gasteiger partial charge is 0.492 e. The number of carbonyl (C=O) groups excluding carboxylic acids is 1. The quantitative estimate of drug-likeness (QED) is 0.830. The number of likely N-dealkylation sites (N-methyl/N-ethyl adjacent to an activating group) is 1. The molecule has 2 aromatic rings. The molecule has 22 heavy (non-hydrogen) atoms. The van der Waals surface area contributed by atoms with E-state index in [0.29, 0.717) is 13.2 Å². The third-order valence-electron chi connectivity index (χ3n) is 3.51. The zero-order chi connectivity index (χ0) is 16.3. The molecule has 4 heteroatoms. The highest BCUT2D eigenvalue weighted by atomic mass is 32.1. The van der Waals surface area contributed by atoms with Crippen molar-refractivity contribution in [1.82, 2.24) is 4.90 Å². The van der Waals surface area contributed by atoms with Crippen LogP contribution in [0.15, 0.2) is 24.3 Å². The average Bonchev–Trinajstić information content (AvgIpc) is 2.75. The van der Waals surface area contributed by atoms with Crippen LogP contribution in [0.5, 0.6) is 5.75 Å². The first-order valence-electron chi connectivity index (χ1n) is 7.40. The number of aryl methyl sites for hydroxylation is 4. The van der Waals surface area contributed by atoms with Crippen LogP contribution in [0.4, 0.5) is 0 Å². The van der Waals surface area contributed by atoms with E-state index in [1.54, 1.807) is 16.2 Å². The Labute approximate surface area is 136 Å². The van der Waals surface area contributed by atoms with Crippen molar-refractivity contribution in [3.63, 3.8) is 0 Å². The van der Waals surface area contributed by atoms with Crippen LogP contribution in [0.3, 0.4) is 0 Å². The van der Waals surface area contributed by atoms with Crippen LogP contribution < -0.4 is 4.74 Å². The van der Waals surface area contributed by atoms with Crippen molar-refractivity contribution < 1.29 is 9.53 Å². The number of amides is 1. The second kappa shape index (κ2) is 6.97. The van der Waals surface area contributed by atoms with Crippen molar-refractivity contribution in [2.24, 2.45) is 0 Å². The fraction of sp³-hybridized carbons (Fsp3) is 0.389. The highest BCUT2D eigenvalue weighted by molar-refractivity contribution is 7.12. The molecular weight excluding hydrogens is 294 g/mol. The summed E-state index contributed by atoms with van der Waals surface area (Å²) in [4.78, 5) is 16.4. The van der Waals surface area contributed by atoms with Gasteiger partial charge in [-0.15, -0.1) is 11.3 Å². The molecular formula is C18H23NO2S. The van der Waals surface area contributed by atoms with Crippen LogP contribution in [-0.2, 0) is 0 Å². The fourth-order valence-corrected chi connectivity index (χ4v) is 3.38. The number of hydrogen-bond donors (Lipinski definition) is 0. The van der Waals surface area contributed by atoms with Gasteiger partial charge < -0.3 is 9.64 Å². The normalized spacial score (nSPS) is 10.6. The molecule has 0 fully saturated rings. The Morgan fingerprint density at radius 2 is 1.73 bits per heavy atom. The van der Waals surface area contributed by atoms with Gasteiger partial charge in [-0.1, -0.05) is 6.07 Å². The second-order valence-electron chi connectivity index (χ2n) is 5.73. The third-order valence-corrected chi connectivity index (χ3v) is 4.47. The lowest BCUT2D eigenvalue weighted by Gasteiger charge is -2.17. The summed E-state index contributed by atoms with van der Waals surface area (Å²) < 4.78 is 5.77. The van der Waals surface area contributed by atoms with E-state index < -0.39 is 0 Å². The minimum absolute atomic E-state index is 0.0610. The molecule has 0 radical (unpaired) electrons. The second-order valence-corrected chi connectivity index (χ2v) is 7.19. The van der Waals surface area contributed by atoms with Gasteiger partial charge in [0.2, 0.25) is 0 Å². The Bertz CT molecular complexity index is 655. The lowest BCUT2D eigenvalue weighted by Crippen LogP contribution is -2.31. The smallest absolute Gasteiger partial charge is 0.254 e. The van der Waals surface area contributed by atoms with E-state index in [1.165, 1.54) is 16.0 Å². The maximum atomic E-state index is 12.4. The molecule has 3 nitrogen and oxygen atoms in total.